The third-order valence-corrected chi connectivity index (χ3v) is 3.08. The van der Waals surface area contributed by atoms with Gasteiger partial charge in [-0.1, -0.05) is 38.3 Å². The molecule has 3 atom stereocenters. The fourth-order valence-electron chi connectivity index (χ4n) is 2.03. The zero-order valence-corrected chi connectivity index (χ0v) is 9.93. The first-order valence-corrected chi connectivity index (χ1v) is 6.19. The number of unbranched alkanes of at least 4 members (excludes halogenated alkanes) is 2. The van der Waals surface area contributed by atoms with Crippen LogP contribution in [0.2, 0.25) is 0 Å². The van der Waals surface area contributed by atoms with Crippen molar-refractivity contribution in [2.45, 2.75) is 57.7 Å². The molecule has 0 aliphatic heterocycles. The third-order valence-electron chi connectivity index (χ3n) is 3.08. The van der Waals surface area contributed by atoms with Crippen LogP contribution in [-0.2, 0) is 4.79 Å². The molecule has 0 amide bonds. The monoisotopic (exact) mass is 226 g/mol. The summed E-state index contributed by atoms with van der Waals surface area (Å²) in [5.74, 6) is 0.0240. The second-order valence-corrected chi connectivity index (χ2v) is 4.63. The van der Waals surface area contributed by atoms with Crippen LogP contribution in [-0.4, -0.2) is 28.2 Å². The number of aliphatic hydroxyl groups excluding tert-OH is 2. The first-order valence-electron chi connectivity index (χ1n) is 6.19. The Balaban J connectivity index is 2.27. The molecule has 1 aliphatic carbocycles. The van der Waals surface area contributed by atoms with E-state index in [0.717, 1.165) is 25.7 Å². The number of rotatable bonds is 6. The summed E-state index contributed by atoms with van der Waals surface area (Å²) in [6, 6.07) is 0. The fraction of sp³-hybridized carbons (Fsp3) is 0.769. The lowest BCUT2D eigenvalue weighted by atomic mass is 10.0. The summed E-state index contributed by atoms with van der Waals surface area (Å²) in [5.41, 5.74) is 0. The molecule has 0 radical (unpaired) electrons. The molecule has 0 aromatic carbocycles. The summed E-state index contributed by atoms with van der Waals surface area (Å²) in [6.45, 7) is 2.13. The van der Waals surface area contributed by atoms with Crippen LogP contribution in [0.1, 0.15) is 45.4 Å². The number of aliphatic hydroxyl groups is 2. The second kappa shape index (κ2) is 6.81. The molecule has 1 aliphatic rings. The zero-order chi connectivity index (χ0) is 12.0. The van der Waals surface area contributed by atoms with Crippen LogP contribution < -0.4 is 0 Å². The number of hydrogen-bond acceptors (Lipinski definition) is 3. The standard InChI is InChI=1S/C13H22O3/c1-2-3-4-5-11(14)7-6-10-8-12(15)9-13(10)16/h6-7,10-11,13-14,16H,2-5,8-9H2,1H3/b7-6+. The van der Waals surface area contributed by atoms with E-state index in [-0.39, 0.29) is 18.1 Å². The highest BCUT2D eigenvalue weighted by Gasteiger charge is 2.29. The maximum atomic E-state index is 11.1. The lowest BCUT2D eigenvalue weighted by molar-refractivity contribution is -0.117. The molecule has 0 spiro atoms. The van der Waals surface area contributed by atoms with Crippen molar-refractivity contribution in [3.8, 4) is 0 Å². The van der Waals surface area contributed by atoms with E-state index in [2.05, 4.69) is 6.92 Å². The third kappa shape index (κ3) is 4.45. The molecule has 1 rings (SSSR count). The Morgan fingerprint density at radius 3 is 2.75 bits per heavy atom. The van der Waals surface area contributed by atoms with Gasteiger partial charge in [0.05, 0.1) is 12.2 Å². The van der Waals surface area contributed by atoms with E-state index in [9.17, 15) is 15.0 Å². The van der Waals surface area contributed by atoms with Crippen LogP contribution in [0.15, 0.2) is 12.2 Å². The fourth-order valence-corrected chi connectivity index (χ4v) is 2.03. The largest absolute Gasteiger partial charge is 0.392 e. The van der Waals surface area contributed by atoms with E-state index in [1.165, 1.54) is 0 Å². The van der Waals surface area contributed by atoms with E-state index in [1.807, 2.05) is 0 Å². The van der Waals surface area contributed by atoms with Gasteiger partial charge in [-0.15, -0.1) is 0 Å². The predicted molar refractivity (Wildman–Crippen MR) is 63.0 cm³/mol. The normalized spacial score (nSPS) is 27.8. The lowest BCUT2D eigenvalue weighted by Gasteiger charge is -2.09. The minimum atomic E-state index is -0.549. The van der Waals surface area contributed by atoms with Gasteiger partial charge in [-0.05, 0) is 6.42 Å². The van der Waals surface area contributed by atoms with E-state index >= 15 is 0 Å². The van der Waals surface area contributed by atoms with Gasteiger partial charge >= 0.3 is 0 Å². The molecule has 16 heavy (non-hydrogen) atoms. The topological polar surface area (TPSA) is 57.5 Å². The van der Waals surface area contributed by atoms with Gasteiger partial charge in [0.1, 0.15) is 5.78 Å². The number of ketones is 1. The van der Waals surface area contributed by atoms with Crippen LogP contribution in [0.5, 0.6) is 0 Å². The first kappa shape index (κ1) is 13.4. The minimum Gasteiger partial charge on any atom is -0.392 e. The van der Waals surface area contributed by atoms with Crippen molar-refractivity contribution >= 4 is 5.78 Å². The smallest absolute Gasteiger partial charge is 0.136 e. The lowest BCUT2D eigenvalue weighted by Crippen LogP contribution is -2.11. The van der Waals surface area contributed by atoms with Crippen molar-refractivity contribution in [2.24, 2.45) is 5.92 Å². The van der Waals surface area contributed by atoms with Gasteiger partial charge in [0.15, 0.2) is 0 Å². The summed E-state index contributed by atoms with van der Waals surface area (Å²) in [4.78, 5) is 11.1. The van der Waals surface area contributed by atoms with Crippen LogP contribution in [0.3, 0.4) is 0 Å². The SMILES string of the molecule is CCCCCC(O)/C=C/C1CC(=O)CC1O. The van der Waals surface area contributed by atoms with Crippen molar-refractivity contribution in [3.63, 3.8) is 0 Å². The number of hydrogen-bond donors (Lipinski definition) is 2. The molecule has 3 unspecified atom stereocenters. The van der Waals surface area contributed by atoms with E-state index in [4.69, 9.17) is 0 Å². The summed E-state index contributed by atoms with van der Waals surface area (Å²) >= 11 is 0. The molecule has 1 saturated carbocycles. The molecule has 92 valence electrons. The number of carbonyl (C=O) groups is 1. The highest BCUT2D eigenvalue weighted by Crippen LogP contribution is 2.24. The van der Waals surface area contributed by atoms with Crippen molar-refractivity contribution < 1.29 is 15.0 Å². The molecule has 1 fully saturated rings. The zero-order valence-electron chi connectivity index (χ0n) is 9.93. The van der Waals surface area contributed by atoms with Gasteiger partial charge in [-0.2, -0.15) is 0 Å². The maximum absolute atomic E-state index is 11.1. The molecule has 0 aromatic heterocycles. The molecule has 0 aromatic rings. The Morgan fingerprint density at radius 1 is 1.44 bits per heavy atom. The van der Waals surface area contributed by atoms with Gasteiger partial charge in [-0.25, -0.2) is 0 Å². The molecule has 0 bridgehead atoms. The van der Waals surface area contributed by atoms with Gasteiger partial charge in [-0.3, -0.25) is 4.79 Å². The first-order chi connectivity index (χ1) is 7.63. The average molecular weight is 226 g/mol. The predicted octanol–water partition coefficient (Wildman–Crippen LogP) is 1.82. The van der Waals surface area contributed by atoms with Gasteiger partial charge < -0.3 is 10.2 Å². The van der Waals surface area contributed by atoms with Gasteiger partial charge in [0.2, 0.25) is 0 Å². The summed E-state index contributed by atoms with van der Waals surface area (Å²) in [6.07, 6.45) is 7.28. The number of carbonyl (C=O) groups excluding carboxylic acids is 1. The van der Waals surface area contributed by atoms with E-state index in [0.29, 0.717) is 6.42 Å². The van der Waals surface area contributed by atoms with Gasteiger partial charge in [0, 0.05) is 18.8 Å². The molecule has 0 saturated heterocycles. The molecular formula is C13H22O3. The quantitative estimate of drug-likeness (QED) is 0.536. The van der Waals surface area contributed by atoms with Gasteiger partial charge in [0.25, 0.3) is 0 Å². The van der Waals surface area contributed by atoms with Crippen LogP contribution in [0.25, 0.3) is 0 Å². The van der Waals surface area contributed by atoms with Crippen LogP contribution >= 0.6 is 0 Å². The maximum Gasteiger partial charge on any atom is 0.136 e. The average Bonchev–Trinajstić information content (AvgIpc) is 2.55. The van der Waals surface area contributed by atoms with Crippen molar-refractivity contribution in [1.82, 2.24) is 0 Å². The molecule has 2 N–H and O–H groups in total. The van der Waals surface area contributed by atoms with E-state index < -0.39 is 12.2 Å². The Kier molecular flexibility index (Phi) is 5.71. The second-order valence-electron chi connectivity index (χ2n) is 4.63. The Labute approximate surface area is 97.2 Å². The van der Waals surface area contributed by atoms with Crippen molar-refractivity contribution in [1.29, 1.82) is 0 Å². The summed E-state index contributed by atoms with van der Waals surface area (Å²) in [7, 11) is 0. The van der Waals surface area contributed by atoms with Crippen LogP contribution in [0, 0.1) is 5.92 Å². The Hall–Kier alpha value is -0.670. The summed E-state index contributed by atoms with van der Waals surface area (Å²) < 4.78 is 0. The Morgan fingerprint density at radius 2 is 2.19 bits per heavy atom. The molecule has 3 nitrogen and oxygen atoms in total. The number of Topliss-reactive ketones (excluding diaryl/α,β-unsaturated/α-hetero) is 1. The molecule has 3 heteroatoms. The summed E-state index contributed by atoms with van der Waals surface area (Å²) in [5, 5.41) is 19.2. The molecule has 0 heterocycles. The van der Waals surface area contributed by atoms with Crippen LogP contribution in [0.4, 0.5) is 0 Å². The van der Waals surface area contributed by atoms with Crippen molar-refractivity contribution in [3.05, 3.63) is 12.2 Å². The highest BCUT2D eigenvalue weighted by molar-refractivity contribution is 5.81. The minimum absolute atomic E-state index is 0.0895. The highest BCUT2D eigenvalue weighted by atomic mass is 16.3. The Bertz CT molecular complexity index is 248. The molecular weight excluding hydrogens is 204 g/mol. The van der Waals surface area contributed by atoms with E-state index in [1.54, 1.807) is 12.2 Å². The van der Waals surface area contributed by atoms with Crippen molar-refractivity contribution in [2.75, 3.05) is 0 Å².